The number of alkyl halides is 1. The first-order valence-corrected chi connectivity index (χ1v) is 23.5. The Morgan fingerprint density at radius 2 is 1.72 bits per heavy atom. The van der Waals surface area contributed by atoms with Crippen molar-refractivity contribution >= 4 is 55.6 Å². The SMILES string of the molecule is Cn1nc(N2CCC(=O)NC2=O)c2cc(F)c(N3CC4(CC(N5CCC6(CC5)CC(c5cnc7ccc(Oc8c(F)ccc(C9C(F)CCN9S(N)(=O)=O)c8C#N)cc7n5)C6)C4)C3)cc21. The van der Waals surface area contributed by atoms with Crippen LogP contribution in [0.2, 0.25) is 0 Å². The van der Waals surface area contributed by atoms with Gasteiger partial charge in [-0.3, -0.25) is 24.7 Å². The number of piperidine rings is 1. The van der Waals surface area contributed by atoms with Crippen molar-refractivity contribution in [3.63, 3.8) is 0 Å². The van der Waals surface area contributed by atoms with Crippen molar-refractivity contribution in [2.75, 3.05) is 49.1 Å². The highest BCUT2D eigenvalue weighted by molar-refractivity contribution is 7.86. The lowest BCUT2D eigenvalue weighted by molar-refractivity contribution is -0.120. The minimum atomic E-state index is -4.30. The zero-order valence-electron chi connectivity index (χ0n) is 35.5. The Morgan fingerprint density at radius 1 is 0.954 bits per heavy atom. The number of aromatic nitrogens is 4. The predicted octanol–water partition coefficient (Wildman–Crippen LogP) is 5.82. The van der Waals surface area contributed by atoms with Gasteiger partial charge in [-0.05, 0) is 99.3 Å². The van der Waals surface area contributed by atoms with E-state index in [1.165, 1.54) is 17.0 Å². The molecule has 2 atom stereocenters. The van der Waals surface area contributed by atoms with Crippen LogP contribution in [0.3, 0.4) is 0 Å². The quantitative estimate of drug-likeness (QED) is 0.190. The summed E-state index contributed by atoms with van der Waals surface area (Å²) in [7, 11) is -2.53. The van der Waals surface area contributed by atoms with Gasteiger partial charge in [0.05, 0.1) is 34.0 Å². The van der Waals surface area contributed by atoms with Crippen molar-refractivity contribution in [2.24, 2.45) is 23.0 Å². The van der Waals surface area contributed by atoms with E-state index in [0.717, 1.165) is 86.3 Å². The number of likely N-dealkylation sites (tertiary alicyclic amines) is 1. The van der Waals surface area contributed by atoms with Crippen LogP contribution in [0, 0.1) is 33.8 Å². The fraction of sp³-hybridized carbons (Fsp3) is 0.467. The van der Waals surface area contributed by atoms with Crippen LogP contribution >= 0.6 is 0 Å². The molecule has 3 aromatic carbocycles. The van der Waals surface area contributed by atoms with E-state index in [1.807, 2.05) is 18.3 Å². The Hall–Kier alpha value is -5.88. The molecule has 3 amide bonds. The number of hydrogen-bond acceptors (Lipinski definition) is 11. The van der Waals surface area contributed by atoms with E-state index in [-0.39, 0.29) is 71.3 Å². The number of nitrogens with one attached hydrogen (secondary N) is 1. The van der Waals surface area contributed by atoms with Crippen molar-refractivity contribution in [2.45, 2.75) is 75.5 Å². The van der Waals surface area contributed by atoms with Crippen LogP contribution in [0.1, 0.15) is 80.1 Å². The Labute approximate surface area is 372 Å². The third kappa shape index (κ3) is 7.05. The lowest BCUT2D eigenvalue weighted by Gasteiger charge is -2.63. The van der Waals surface area contributed by atoms with Gasteiger partial charge in [-0.2, -0.15) is 23.1 Å². The Morgan fingerprint density at radius 3 is 2.45 bits per heavy atom. The maximum Gasteiger partial charge on any atom is 0.329 e. The van der Waals surface area contributed by atoms with Gasteiger partial charge in [-0.25, -0.2) is 28.1 Å². The van der Waals surface area contributed by atoms with Crippen LogP contribution in [0.15, 0.2) is 48.7 Å². The smallest absolute Gasteiger partial charge is 0.329 e. The Balaban J connectivity index is 0.697. The van der Waals surface area contributed by atoms with Crippen molar-refractivity contribution in [1.82, 2.24) is 34.3 Å². The number of rotatable bonds is 8. The predicted molar refractivity (Wildman–Crippen MR) is 232 cm³/mol. The van der Waals surface area contributed by atoms with E-state index in [4.69, 9.17) is 14.9 Å². The van der Waals surface area contributed by atoms with E-state index in [1.54, 1.807) is 29.9 Å². The molecule has 6 aliphatic rings. The molecule has 2 unspecified atom stereocenters. The molecule has 2 aliphatic carbocycles. The zero-order valence-corrected chi connectivity index (χ0v) is 36.3. The van der Waals surface area contributed by atoms with Crippen LogP contribution in [0.5, 0.6) is 11.5 Å². The number of ether oxygens (including phenoxy) is 1. The van der Waals surface area contributed by atoms with Crippen molar-refractivity contribution < 1.29 is 35.9 Å². The lowest BCUT2D eigenvalue weighted by Crippen LogP contribution is -2.67. The number of imide groups is 1. The summed E-state index contributed by atoms with van der Waals surface area (Å²) in [4.78, 5) is 39.9. The third-order valence-corrected chi connectivity index (χ3v) is 16.1. The van der Waals surface area contributed by atoms with E-state index < -0.39 is 40.0 Å². The first kappa shape index (κ1) is 41.8. The fourth-order valence-corrected chi connectivity index (χ4v) is 12.5. The number of fused-ring (bicyclic) bond motifs is 2. The van der Waals surface area contributed by atoms with Crippen molar-refractivity contribution in [1.29, 1.82) is 5.26 Å². The highest BCUT2D eigenvalue weighted by Crippen LogP contribution is 2.58. The summed E-state index contributed by atoms with van der Waals surface area (Å²) in [5.41, 5.74) is 3.36. The number of aryl methyl sites for hydroxylation is 1. The molecule has 0 bridgehead atoms. The molecule has 2 spiro atoms. The maximum absolute atomic E-state index is 15.7. The van der Waals surface area contributed by atoms with E-state index in [0.29, 0.717) is 34.0 Å². The number of nitrogens with two attached hydrogens (primary N) is 1. The Bertz CT molecular complexity index is 2970. The van der Waals surface area contributed by atoms with Crippen molar-refractivity contribution in [3.8, 4) is 17.6 Å². The second kappa shape index (κ2) is 15.1. The molecule has 11 rings (SSSR count). The number of nitrogens with zero attached hydrogens (tertiary/aromatic N) is 9. The normalized spacial score (nSPS) is 23.8. The first-order chi connectivity index (χ1) is 31.1. The molecule has 16 nitrogen and oxygen atoms in total. The minimum Gasteiger partial charge on any atom is -0.453 e. The third-order valence-electron chi connectivity index (χ3n) is 15.0. The number of anilines is 2. The molecule has 5 aromatic rings. The number of halogens is 3. The summed E-state index contributed by atoms with van der Waals surface area (Å²) in [5, 5.41) is 22.8. The number of hydrogen-bond donors (Lipinski definition) is 2. The molecule has 338 valence electrons. The molecule has 4 aliphatic heterocycles. The molecule has 2 aromatic heterocycles. The van der Waals surface area contributed by atoms with Gasteiger partial charge in [0.1, 0.15) is 29.4 Å². The van der Waals surface area contributed by atoms with Gasteiger partial charge in [0.15, 0.2) is 17.4 Å². The maximum atomic E-state index is 15.7. The summed E-state index contributed by atoms with van der Waals surface area (Å²) in [6.07, 6.45) is 6.61. The number of urea groups is 1. The molecule has 6 heterocycles. The molecule has 20 heteroatoms. The van der Waals surface area contributed by atoms with Gasteiger partial charge >= 0.3 is 6.03 Å². The van der Waals surface area contributed by atoms with Crippen LogP contribution in [-0.2, 0) is 22.1 Å². The number of carbonyl (C=O) groups excluding carboxylic acids is 2. The molecule has 3 N–H and O–H groups in total. The molecule has 2 saturated carbocycles. The lowest BCUT2D eigenvalue weighted by atomic mass is 9.55. The van der Waals surface area contributed by atoms with Crippen LogP contribution in [0.25, 0.3) is 21.9 Å². The standard InChI is InChI=1S/C45H46F3N11O5S/c1-55-37-16-38(33(48)15-29(37)42(54-55)58-10-7-39(60)53-43(58)61)57-23-45(24-57)19-26(20-45)56-12-8-44(9-13-56)17-25(18-44)36-22-51-34-5-2-27(14-35(34)52-36)64-41-30(21-49)28(3-4-32(41)47)40-31(46)6-11-59(40)65(50,62)63/h2-5,14-16,22,25-26,31,40H,6-13,17-20,23-24H2,1H3,(H2,50,62,63)(H,53,60,61). The summed E-state index contributed by atoms with van der Waals surface area (Å²) >= 11 is 0. The van der Waals surface area contributed by atoms with Gasteiger partial charge in [-0.15, -0.1) is 0 Å². The van der Waals surface area contributed by atoms with Gasteiger partial charge < -0.3 is 14.5 Å². The fourth-order valence-electron chi connectivity index (χ4n) is 11.6. The highest BCUT2D eigenvalue weighted by Gasteiger charge is 2.56. The Kier molecular flexibility index (Phi) is 9.70. The van der Waals surface area contributed by atoms with Crippen molar-refractivity contribution in [3.05, 3.63) is 77.1 Å². The summed E-state index contributed by atoms with van der Waals surface area (Å²) in [6, 6.07) is 10.8. The van der Waals surface area contributed by atoms with Gasteiger partial charge in [0, 0.05) is 74.7 Å². The number of amides is 3. The number of carbonyl (C=O) groups is 2. The molecule has 4 saturated heterocycles. The summed E-state index contributed by atoms with van der Waals surface area (Å²) in [6.45, 7) is 3.68. The minimum absolute atomic E-state index is 0.0312. The first-order valence-electron chi connectivity index (χ1n) is 22.0. The number of benzene rings is 3. The molecular formula is C45H46F3N11O5S. The van der Waals surface area contributed by atoms with Crippen LogP contribution < -0.4 is 25.0 Å². The average molecular weight is 910 g/mol. The van der Waals surface area contributed by atoms with E-state index in [9.17, 15) is 23.3 Å². The zero-order chi connectivity index (χ0) is 45.2. The van der Waals surface area contributed by atoms with E-state index in [2.05, 4.69) is 25.2 Å². The van der Waals surface area contributed by atoms with Gasteiger partial charge in [0.25, 0.3) is 10.2 Å². The van der Waals surface area contributed by atoms with Gasteiger partial charge in [0.2, 0.25) is 5.91 Å². The highest BCUT2D eigenvalue weighted by atomic mass is 32.2. The van der Waals surface area contributed by atoms with E-state index >= 15 is 13.2 Å². The average Bonchev–Trinajstić information content (AvgIpc) is 3.78. The molecule has 0 radical (unpaired) electrons. The largest absolute Gasteiger partial charge is 0.453 e. The monoisotopic (exact) mass is 909 g/mol. The van der Waals surface area contributed by atoms with Gasteiger partial charge in [-0.1, -0.05) is 6.07 Å². The number of nitriles is 1. The summed E-state index contributed by atoms with van der Waals surface area (Å²) in [5.74, 6) is -1.24. The molecular weight excluding hydrogens is 864 g/mol. The second-order valence-electron chi connectivity index (χ2n) is 19.0. The molecule has 6 fully saturated rings. The van der Waals surface area contributed by atoms with Crippen LogP contribution in [0.4, 0.5) is 29.5 Å². The topological polar surface area (TPSA) is 196 Å². The van der Waals surface area contributed by atoms with Crippen LogP contribution in [-0.4, -0.2) is 101 Å². The summed E-state index contributed by atoms with van der Waals surface area (Å²) < 4.78 is 78.9. The molecule has 65 heavy (non-hydrogen) atoms. The second-order valence-corrected chi connectivity index (χ2v) is 20.5.